The molecule has 0 bridgehead atoms. The van der Waals surface area contributed by atoms with E-state index in [2.05, 4.69) is 10.6 Å². The van der Waals surface area contributed by atoms with E-state index < -0.39 is 29.2 Å². The fourth-order valence-electron chi connectivity index (χ4n) is 3.00. The molecule has 3 nitrogen and oxygen atoms in total. The van der Waals surface area contributed by atoms with Crippen molar-refractivity contribution in [3.63, 3.8) is 0 Å². The highest BCUT2D eigenvalue weighted by molar-refractivity contribution is 5.89. The van der Waals surface area contributed by atoms with Crippen molar-refractivity contribution in [1.29, 1.82) is 0 Å². The van der Waals surface area contributed by atoms with Crippen LogP contribution in [0.4, 0.5) is 23.7 Å². The third-order valence-electron chi connectivity index (χ3n) is 4.57. The topological polar surface area (TPSA) is 41.1 Å². The Hall–Kier alpha value is -2.50. The lowest BCUT2D eigenvalue weighted by molar-refractivity contribution is 0.222. The number of anilines is 1. The van der Waals surface area contributed by atoms with Gasteiger partial charge in [0.05, 0.1) is 5.69 Å². The number of hydrogen-bond acceptors (Lipinski definition) is 1. The highest BCUT2D eigenvalue weighted by atomic mass is 19.2. The van der Waals surface area contributed by atoms with E-state index in [4.69, 9.17) is 0 Å². The summed E-state index contributed by atoms with van der Waals surface area (Å²) in [7, 11) is 0. The van der Waals surface area contributed by atoms with E-state index in [0.29, 0.717) is 6.54 Å². The van der Waals surface area contributed by atoms with Crippen molar-refractivity contribution in [1.82, 2.24) is 5.32 Å². The van der Waals surface area contributed by atoms with Gasteiger partial charge in [0.15, 0.2) is 17.5 Å². The zero-order chi connectivity index (χ0) is 17.2. The lowest BCUT2D eigenvalue weighted by atomic mass is 9.64. The van der Waals surface area contributed by atoms with Crippen LogP contribution >= 0.6 is 0 Å². The van der Waals surface area contributed by atoms with Crippen LogP contribution in [0.15, 0.2) is 42.5 Å². The van der Waals surface area contributed by atoms with Crippen molar-refractivity contribution in [2.75, 3.05) is 11.9 Å². The van der Waals surface area contributed by atoms with Gasteiger partial charge in [-0.1, -0.05) is 36.8 Å². The molecule has 0 heterocycles. The predicted octanol–water partition coefficient (Wildman–Crippen LogP) is 4.35. The fraction of sp³-hybridized carbons (Fsp3) is 0.278. The molecular formula is C18H17F3N2O. The predicted molar refractivity (Wildman–Crippen MR) is 85.3 cm³/mol. The molecule has 0 atom stereocenters. The first kappa shape index (κ1) is 16.4. The van der Waals surface area contributed by atoms with Crippen molar-refractivity contribution in [3.8, 4) is 0 Å². The summed E-state index contributed by atoms with van der Waals surface area (Å²) in [4.78, 5) is 12.0. The Bertz CT molecular complexity index is 745. The summed E-state index contributed by atoms with van der Waals surface area (Å²) in [6, 6.07) is 11.0. The third-order valence-corrected chi connectivity index (χ3v) is 4.57. The van der Waals surface area contributed by atoms with Gasteiger partial charge in [0.25, 0.3) is 0 Å². The van der Waals surface area contributed by atoms with Crippen molar-refractivity contribution >= 4 is 11.7 Å². The summed E-state index contributed by atoms with van der Waals surface area (Å²) in [5.41, 5.74) is 0.634. The number of amides is 2. The average molecular weight is 334 g/mol. The first-order valence-corrected chi connectivity index (χ1v) is 7.76. The maximum atomic E-state index is 13.6. The number of halogens is 3. The van der Waals surface area contributed by atoms with Crippen LogP contribution in [0.3, 0.4) is 0 Å². The van der Waals surface area contributed by atoms with Crippen LogP contribution in [-0.4, -0.2) is 12.6 Å². The van der Waals surface area contributed by atoms with Gasteiger partial charge in [-0.15, -0.1) is 0 Å². The van der Waals surface area contributed by atoms with E-state index >= 15 is 0 Å². The lowest BCUT2D eigenvalue weighted by Crippen LogP contribution is -2.46. The van der Waals surface area contributed by atoms with E-state index in [9.17, 15) is 18.0 Å². The van der Waals surface area contributed by atoms with Gasteiger partial charge in [0.2, 0.25) is 0 Å². The molecule has 1 aliphatic rings. The number of urea groups is 1. The summed E-state index contributed by atoms with van der Waals surface area (Å²) in [6.07, 6.45) is 2.99. The van der Waals surface area contributed by atoms with Crippen LogP contribution in [0, 0.1) is 17.5 Å². The van der Waals surface area contributed by atoms with Crippen LogP contribution in [0.25, 0.3) is 0 Å². The molecule has 2 amide bonds. The van der Waals surface area contributed by atoms with Crippen molar-refractivity contribution in [3.05, 3.63) is 65.5 Å². The van der Waals surface area contributed by atoms with Crippen LogP contribution in [0.2, 0.25) is 0 Å². The molecule has 0 radical (unpaired) electrons. The van der Waals surface area contributed by atoms with Crippen molar-refractivity contribution in [2.24, 2.45) is 0 Å². The van der Waals surface area contributed by atoms with Crippen LogP contribution in [-0.2, 0) is 5.41 Å². The standard InChI is InChI=1S/C18H17F3N2O/c19-13-7-8-14(16(21)15(13)20)23-17(24)22-11-18(9-4-10-18)12-5-2-1-3-6-12/h1-3,5-8H,4,9-11H2,(H2,22,23,24). The highest BCUT2D eigenvalue weighted by Crippen LogP contribution is 2.43. The van der Waals surface area contributed by atoms with E-state index in [-0.39, 0.29) is 5.41 Å². The summed E-state index contributed by atoms with van der Waals surface area (Å²) in [5.74, 6) is -4.31. The van der Waals surface area contributed by atoms with Gasteiger partial charge in [0, 0.05) is 12.0 Å². The minimum absolute atomic E-state index is 0.120. The molecule has 0 aliphatic heterocycles. The number of nitrogens with one attached hydrogen (secondary N) is 2. The van der Waals surface area contributed by atoms with Gasteiger partial charge >= 0.3 is 6.03 Å². The first-order chi connectivity index (χ1) is 11.5. The van der Waals surface area contributed by atoms with E-state index in [0.717, 1.165) is 37.0 Å². The summed E-state index contributed by atoms with van der Waals surface area (Å²) in [6.45, 7) is 0.397. The molecular weight excluding hydrogens is 317 g/mol. The number of rotatable bonds is 4. The van der Waals surface area contributed by atoms with Gasteiger partial charge in [-0.2, -0.15) is 0 Å². The Morgan fingerprint density at radius 2 is 1.71 bits per heavy atom. The summed E-state index contributed by atoms with van der Waals surface area (Å²) < 4.78 is 39.7. The number of carbonyl (C=O) groups excluding carboxylic acids is 1. The minimum atomic E-state index is -1.60. The lowest BCUT2D eigenvalue weighted by Gasteiger charge is -2.42. The first-order valence-electron chi connectivity index (χ1n) is 7.76. The second kappa shape index (κ2) is 6.55. The number of hydrogen-bond donors (Lipinski definition) is 2. The van der Waals surface area contributed by atoms with Crippen LogP contribution < -0.4 is 10.6 Å². The molecule has 24 heavy (non-hydrogen) atoms. The molecule has 1 fully saturated rings. The van der Waals surface area contributed by atoms with Gasteiger partial charge in [0.1, 0.15) is 0 Å². The Labute approximate surface area is 137 Å². The van der Waals surface area contributed by atoms with Gasteiger partial charge in [-0.05, 0) is 30.5 Å². The van der Waals surface area contributed by atoms with Crippen LogP contribution in [0.1, 0.15) is 24.8 Å². The Morgan fingerprint density at radius 3 is 2.33 bits per heavy atom. The Balaban J connectivity index is 1.65. The zero-order valence-corrected chi connectivity index (χ0v) is 12.9. The molecule has 2 aromatic carbocycles. The van der Waals surface area contributed by atoms with Gasteiger partial charge in [-0.3, -0.25) is 0 Å². The molecule has 3 rings (SSSR count). The Kier molecular flexibility index (Phi) is 4.46. The molecule has 0 aromatic heterocycles. The fourth-order valence-corrected chi connectivity index (χ4v) is 3.00. The second-order valence-electron chi connectivity index (χ2n) is 6.03. The van der Waals surface area contributed by atoms with Gasteiger partial charge < -0.3 is 10.6 Å². The highest BCUT2D eigenvalue weighted by Gasteiger charge is 2.38. The second-order valence-corrected chi connectivity index (χ2v) is 6.03. The smallest absolute Gasteiger partial charge is 0.319 e. The normalized spacial score (nSPS) is 15.5. The van der Waals surface area contributed by atoms with Gasteiger partial charge in [-0.25, -0.2) is 18.0 Å². The largest absolute Gasteiger partial charge is 0.337 e. The molecule has 0 unspecified atom stereocenters. The quantitative estimate of drug-likeness (QED) is 0.802. The molecule has 0 spiro atoms. The zero-order valence-electron chi connectivity index (χ0n) is 12.9. The van der Waals surface area contributed by atoms with Crippen LogP contribution in [0.5, 0.6) is 0 Å². The number of carbonyl (C=O) groups is 1. The van der Waals surface area contributed by atoms with Crippen molar-refractivity contribution < 1.29 is 18.0 Å². The SMILES string of the molecule is O=C(NCC1(c2ccccc2)CCC1)Nc1ccc(F)c(F)c1F. The Morgan fingerprint density at radius 1 is 1.00 bits per heavy atom. The molecule has 6 heteroatoms. The maximum Gasteiger partial charge on any atom is 0.319 e. The monoisotopic (exact) mass is 334 g/mol. The molecule has 0 saturated heterocycles. The molecule has 2 aromatic rings. The van der Waals surface area contributed by atoms with E-state index in [1.807, 2.05) is 30.3 Å². The summed E-state index contributed by atoms with van der Waals surface area (Å²) >= 11 is 0. The van der Waals surface area contributed by atoms with E-state index in [1.54, 1.807) is 0 Å². The molecule has 126 valence electrons. The molecule has 1 saturated carbocycles. The summed E-state index contributed by atoms with van der Waals surface area (Å²) in [5, 5.41) is 4.92. The minimum Gasteiger partial charge on any atom is -0.337 e. The molecule has 1 aliphatic carbocycles. The molecule has 2 N–H and O–H groups in total. The van der Waals surface area contributed by atoms with Crippen molar-refractivity contribution in [2.45, 2.75) is 24.7 Å². The maximum absolute atomic E-state index is 13.6. The number of benzene rings is 2. The third kappa shape index (κ3) is 3.09. The van der Waals surface area contributed by atoms with E-state index in [1.165, 1.54) is 0 Å². The average Bonchev–Trinajstić information content (AvgIpc) is 2.55.